The Balaban J connectivity index is 1.54. The molecule has 20 heavy (non-hydrogen) atoms. The van der Waals surface area contributed by atoms with Crippen LogP contribution in [-0.2, 0) is 9.53 Å². The number of aromatic nitrogens is 1. The molecule has 6 heteroatoms. The SMILES string of the molecule is COC(=O)c1cnc(NC(=O)C[C@@H]2C[C@H]3CC[C@H]2C3)s1. The largest absolute Gasteiger partial charge is 0.465 e. The minimum Gasteiger partial charge on any atom is -0.465 e. The van der Waals surface area contributed by atoms with Crippen LogP contribution in [0.4, 0.5) is 5.13 Å². The number of rotatable bonds is 4. The molecule has 2 aliphatic rings. The summed E-state index contributed by atoms with van der Waals surface area (Å²) in [4.78, 5) is 27.8. The number of anilines is 1. The Morgan fingerprint density at radius 3 is 2.95 bits per heavy atom. The van der Waals surface area contributed by atoms with Crippen LogP contribution in [0.25, 0.3) is 0 Å². The summed E-state index contributed by atoms with van der Waals surface area (Å²) in [5.74, 6) is 1.72. The van der Waals surface area contributed by atoms with Gasteiger partial charge in [0.05, 0.1) is 13.3 Å². The predicted molar refractivity (Wildman–Crippen MR) is 75.6 cm³/mol. The van der Waals surface area contributed by atoms with E-state index in [1.54, 1.807) is 0 Å². The molecule has 2 bridgehead atoms. The molecule has 0 aliphatic heterocycles. The summed E-state index contributed by atoms with van der Waals surface area (Å²) in [6.07, 6.45) is 7.15. The van der Waals surface area contributed by atoms with Gasteiger partial charge in [0.15, 0.2) is 5.13 Å². The fraction of sp³-hybridized carbons (Fsp3) is 0.643. The molecule has 1 N–H and O–H groups in total. The Kier molecular flexibility index (Phi) is 3.74. The zero-order valence-corrected chi connectivity index (χ0v) is 12.2. The molecule has 3 rings (SSSR count). The van der Waals surface area contributed by atoms with Crippen LogP contribution in [0.5, 0.6) is 0 Å². The second-order valence-electron chi connectivity index (χ2n) is 5.71. The number of hydrogen-bond acceptors (Lipinski definition) is 5. The summed E-state index contributed by atoms with van der Waals surface area (Å²) in [7, 11) is 1.33. The Morgan fingerprint density at radius 2 is 2.30 bits per heavy atom. The minimum atomic E-state index is -0.420. The number of esters is 1. The third kappa shape index (κ3) is 2.70. The summed E-state index contributed by atoms with van der Waals surface area (Å²) < 4.78 is 4.61. The smallest absolute Gasteiger partial charge is 0.349 e. The maximum Gasteiger partial charge on any atom is 0.349 e. The number of methoxy groups -OCH3 is 1. The van der Waals surface area contributed by atoms with E-state index in [2.05, 4.69) is 15.0 Å². The van der Waals surface area contributed by atoms with Crippen LogP contribution in [0.2, 0.25) is 0 Å². The lowest BCUT2D eigenvalue weighted by atomic mass is 9.86. The first-order valence-electron chi connectivity index (χ1n) is 6.99. The van der Waals surface area contributed by atoms with Gasteiger partial charge in [0, 0.05) is 6.42 Å². The number of carbonyl (C=O) groups excluding carboxylic acids is 2. The number of thiazole rings is 1. The molecule has 2 aliphatic carbocycles. The topological polar surface area (TPSA) is 68.3 Å². The Bertz CT molecular complexity index is 528. The zero-order valence-electron chi connectivity index (χ0n) is 11.4. The van der Waals surface area contributed by atoms with Crippen molar-refractivity contribution in [2.24, 2.45) is 17.8 Å². The molecule has 1 aromatic rings. The molecule has 108 valence electrons. The second-order valence-corrected chi connectivity index (χ2v) is 6.74. The van der Waals surface area contributed by atoms with E-state index in [4.69, 9.17) is 0 Å². The van der Waals surface area contributed by atoms with Gasteiger partial charge in [0.2, 0.25) is 5.91 Å². The lowest BCUT2D eigenvalue weighted by molar-refractivity contribution is -0.117. The molecule has 2 fully saturated rings. The van der Waals surface area contributed by atoms with E-state index in [0.717, 1.165) is 23.2 Å². The average molecular weight is 294 g/mol. The van der Waals surface area contributed by atoms with Crippen LogP contribution < -0.4 is 5.32 Å². The highest BCUT2D eigenvalue weighted by atomic mass is 32.1. The zero-order chi connectivity index (χ0) is 14.1. The molecule has 2 saturated carbocycles. The van der Waals surface area contributed by atoms with Crippen LogP contribution in [0, 0.1) is 17.8 Å². The van der Waals surface area contributed by atoms with E-state index < -0.39 is 5.97 Å². The monoisotopic (exact) mass is 294 g/mol. The number of carbonyl (C=O) groups is 2. The molecular formula is C14H18N2O3S. The Morgan fingerprint density at radius 1 is 1.45 bits per heavy atom. The van der Waals surface area contributed by atoms with E-state index in [-0.39, 0.29) is 5.91 Å². The number of ether oxygens (including phenoxy) is 1. The van der Waals surface area contributed by atoms with Gasteiger partial charge in [-0.05, 0) is 37.0 Å². The van der Waals surface area contributed by atoms with Crippen molar-refractivity contribution in [2.45, 2.75) is 32.1 Å². The van der Waals surface area contributed by atoms with Crippen LogP contribution in [0.1, 0.15) is 41.8 Å². The highest BCUT2D eigenvalue weighted by molar-refractivity contribution is 7.17. The first kappa shape index (κ1) is 13.5. The third-order valence-corrected chi connectivity index (χ3v) is 5.36. The van der Waals surface area contributed by atoms with Crippen molar-refractivity contribution in [3.05, 3.63) is 11.1 Å². The van der Waals surface area contributed by atoms with Gasteiger partial charge in [0.1, 0.15) is 4.88 Å². The highest BCUT2D eigenvalue weighted by Crippen LogP contribution is 2.49. The summed E-state index contributed by atoms with van der Waals surface area (Å²) in [5.41, 5.74) is 0. The fourth-order valence-electron chi connectivity index (χ4n) is 3.56. The van der Waals surface area contributed by atoms with Crippen molar-refractivity contribution in [1.29, 1.82) is 0 Å². The van der Waals surface area contributed by atoms with Crippen LogP contribution in [-0.4, -0.2) is 24.0 Å². The van der Waals surface area contributed by atoms with Gasteiger partial charge in [-0.2, -0.15) is 0 Å². The van der Waals surface area contributed by atoms with Gasteiger partial charge in [-0.25, -0.2) is 9.78 Å². The van der Waals surface area contributed by atoms with Crippen molar-refractivity contribution in [3.63, 3.8) is 0 Å². The van der Waals surface area contributed by atoms with E-state index in [1.165, 1.54) is 39.0 Å². The first-order valence-corrected chi connectivity index (χ1v) is 7.81. The quantitative estimate of drug-likeness (QED) is 0.867. The molecule has 3 atom stereocenters. The molecule has 5 nitrogen and oxygen atoms in total. The lowest BCUT2D eigenvalue weighted by Crippen LogP contribution is -2.20. The number of amides is 1. The van der Waals surface area contributed by atoms with Crippen molar-refractivity contribution in [1.82, 2.24) is 4.98 Å². The summed E-state index contributed by atoms with van der Waals surface area (Å²) in [6, 6.07) is 0. The number of nitrogens with zero attached hydrogens (tertiary/aromatic N) is 1. The number of fused-ring (bicyclic) bond motifs is 2. The van der Waals surface area contributed by atoms with E-state index in [0.29, 0.717) is 22.3 Å². The maximum absolute atomic E-state index is 12.0. The van der Waals surface area contributed by atoms with Gasteiger partial charge in [0.25, 0.3) is 0 Å². The van der Waals surface area contributed by atoms with Gasteiger partial charge in [-0.3, -0.25) is 4.79 Å². The van der Waals surface area contributed by atoms with Gasteiger partial charge in [-0.15, -0.1) is 0 Å². The number of nitrogens with one attached hydrogen (secondary N) is 1. The Hall–Kier alpha value is -1.43. The van der Waals surface area contributed by atoms with E-state index in [1.807, 2.05) is 0 Å². The summed E-state index contributed by atoms with van der Waals surface area (Å²) in [5, 5.41) is 3.26. The Labute approximate surface area is 121 Å². The van der Waals surface area contributed by atoms with E-state index in [9.17, 15) is 9.59 Å². The summed E-state index contributed by atoms with van der Waals surface area (Å²) >= 11 is 1.15. The van der Waals surface area contributed by atoms with E-state index >= 15 is 0 Å². The van der Waals surface area contributed by atoms with Crippen molar-refractivity contribution >= 4 is 28.3 Å². The standard InChI is InChI=1S/C14H18N2O3S/c1-19-13(18)11-7-15-14(20-11)16-12(17)6-10-5-8-2-3-9(10)4-8/h7-10H,2-6H2,1H3,(H,15,16,17)/t8-,9-,10-/m0/s1. The van der Waals surface area contributed by atoms with Crippen molar-refractivity contribution in [3.8, 4) is 0 Å². The summed E-state index contributed by atoms with van der Waals surface area (Å²) in [6.45, 7) is 0. The number of hydrogen-bond donors (Lipinski definition) is 1. The predicted octanol–water partition coefficient (Wildman–Crippen LogP) is 2.69. The molecule has 0 unspecified atom stereocenters. The van der Waals surface area contributed by atoms with Crippen molar-refractivity contribution in [2.75, 3.05) is 12.4 Å². The van der Waals surface area contributed by atoms with Gasteiger partial charge < -0.3 is 10.1 Å². The molecule has 1 aromatic heterocycles. The molecule has 0 radical (unpaired) electrons. The molecule has 1 amide bonds. The minimum absolute atomic E-state index is 0.00770. The molecule has 0 spiro atoms. The molecule has 0 saturated heterocycles. The molecular weight excluding hydrogens is 276 g/mol. The third-order valence-electron chi connectivity index (χ3n) is 4.47. The van der Waals surface area contributed by atoms with Crippen molar-refractivity contribution < 1.29 is 14.3 Å². The van der Waals surface area contributed by atoms with Crippen LogP contribution >= 0.6 is 11.3 Å². The average Bonchev–Trinajstić information content (AvgIpc) is 3.13. The fourth-order valence-corrected chi connectivity index (χ4v) is 4.31. The van der Waals surface area contributed by atoms with Gasteiger partial charge >= 0.3 is 5.97 Å². The second kappa shape index (κ2) is 5.52. The maximum atomic E-state index is 12.0. The molecule has 0 aromatic carbocycles. The van der Waals surface area contributed by atoms with Gasteiger partial charge in [-0.1, -0.05) is 17.8 Å². The first-order chi connectivity index (χ1) is 9.65. The molecule has 1 heterocycles. The van der Waals surface area contributed by atoms with Crippen LogP contribution in [0.3, 0.4) is 0 Å². The lowest BCUT2D eigenvalue weighted by Gasteiger charge is -2.20. The normalized spacial score (nSPS) is 27.6. The van der Waals surface area contributed by atoms with Crippen LogP contribution in [0.15, 0.2) is 6.20 Å². The highest BCUT2D eigenvalue weighted by Gasteiger charge is 2.40.